The van der Waals surface area contributed by atoms with E-state index in [2.05, 4.69) is 354 Å². The highest BCUT2D eigenvalue weighted by atomic mass is 16.5. The van der Waals surface area contributed by atoms with E-state index >= 15 is 0 Å². The molecule has 19 nitrogen and oxygen atoms in total. The zero-order chi connectivity index (χ0) is 90.9. The van der Waals surface area contributed by atoms with E-state index < -0.39 is 0 Å². The number of hydrogen-bond acceptors (Lipinski definition) is 9. The van der Waals surface area contributed by atoms with Crippen molar-refractivity contribution < 1.29 is 46.5 Å². The van der Waals surface area contributed by atoms with Gasteiger partial charge < -0.3 is 23.7 Å². The molecule has 136 heavy (non-hydrogen) atoms. The van der Waals surface area contributed by atoms with Gasteiger partial charge in [-0.25, -0.2) is 9.97 Å². The minimum atomic E-state index is -0.340. The van der Waals surface area contributed by atoms with E-state index in [1.54, 1.807) is 0 Å². The first kappa shape index (κ1) is 81.1. The molecule has 0 saturated carbocycles. The maximum atomic E-state index is 9.21. The van der Waals surface area contributed by atoms with Gasteiger partial charge in [-0.15, -0.1) is 0 Å². The minimum absolute atomic E-state index is 0.240. The van der Waals surface area contributed by atoms with Crippen molar-refractivity contribution >= 4 is 66.3 Å². The molecule has 0 aliphatic carbocycles. The summed E-state index contributed by atoms with van der Waals surface area (Å²) in [6.45, 7) is 8.03. The second kappa shape index (κ2) is 34.3. The highest BCUT2D eigenvalue weighted by molar-refractivity contribution is 5.87. The molecule has 0 amide bonds. The van der Waals surface area contributed by atoms with E-state index in [9.17, 15) is 5.26 Å². The van der Waals surface area contributed by atoms with Gasteiger partial charge in [0.2, 0.25) is 20.2 Å². The fourth-order valence-corrected chi connectivity index (χ4v) is 20.1. The van der Waals surface area contributed by atoms with Gasteiger partial charge in [-0.05, 0) is 244 Å². The fourth-order valence-electron chi connectivity index (χ4n) is 20.1. The highest BCUT2D eigenvalue weighted by Gasteiger charge is 2.44. The van der Waals surface area contributed by atoms with Crippen LogP contribution < -0.4 is 46.5 Å². The molecular weight excluding hydrogens is 1680 g/mol. The van der Waals surface area contributed by atoms with Crippen LogP contribution in [-0.2, 0) is 20.2 Å². The molecule has 0 N–H and O–H groups in total. The summed E-state index contributed by atoms with van der Waals surface area (Å²) in [5, 5.41) is 10.3. The molecule has 13 heterocycles. The van der Waals surface area contributed by atoms with Crippen molar-refractivity contribution in [3.05, 3.63) is 458 Å². The van der Waals surface area contributed by atoms with Crippen molar-refractivity contribution in [1.29, 1.82) is 5.26 Å². The molecule has 23 aromatic rings. The predicted octanol–water partition coefficient (Wildman–Crippen LogP) is 23.0. The Morgan fingerprint density at radius 3 is 1.11 bits per heavy atom. The number of hydrogen-bond donors (Lipinski definition) is 0. The summed E-state index contributed by atoms with van der Waals surface area (Å²) in [5.74, 6) is 10.0. The molecule has 5 aliphatic heterocycles. The lowest BCUT2D eigenvalue weighted by molar-refractivity contribution is -0.714. The molecule has 0 fully saturated rings. The molecular formula is C117H87N14O5+5. The summed E-state index contributed by atoms with van der Waals surface area (Å²) < 4.78 is 53.8. The average molecular weight is 1770 g/mol. The lowest BCUT2D eigenvalue weighted by Gasteiger charge is -2.27. The summed E-state index contributed by atoms with van der Waals surface area (Å²) >= 11 is 0. The highest BCUT2D eigenvalue weighted by Crippen LogP contribution is 2.46. The van der Waals surface area contributed by atoms with E-state index in [4.69, 9.17) is 23.7 Å². The molecule has 0 bridgehead atoms. The Kier molecular flexibility index (Phi) is 20.5. The minimum Gasteiger partial charge on any atom is -0.453 e. The molecule has 0 spiro atoms. The van der Waals surface area contributed by atoms with Gasteiger partial charge in [0.05, 0.1) is 17.1 Å². The predicted molar refractivity (Wildman–Crippen MR) is 527 cm³/mol. The molecule has 0 saturated heterocycles. The van der Waals surface area contributed by atoms with Crippen molar-refractivity contribution in [3.8, 4) is 120 Å². The largest absolute Gasteiger partial charge is 0.453 e. The second-order valence-electron chi connectivity index (χ2n) is 34.0. The van der Waals surface area contributed by atoms with E-state index in [0.717, 1.165) is 164 Å². The van der Waals surface area contributed by atoms with Gasteiger partial charge in [0, 0.05) is 41.2 Å². The number of benzene rings is 15. The van der Waals surface area contributed by atoms with E-state index in [1.807, 2.05) is 158 Å². The normalized spacial score (nSPS) is 13.5. The smallest absolute Gasteiger partial charge is 0.303 e. The Morgan fingerprint density at radius 1 is 0.294 bits per heavy atom. The van der Waals surface area contributed by atoms with E-state index in [1.165, 1.54) is 44.6 Å². The van der Waals surface area contributed by atoms with Crippen molar-refractivity contribution in [1.82, 2.24) is 37.8 Å². The van der Waals surface area contributed by atoms with Crippen LogP contribution in [0.2, 0.25) is 0 Å². The van der Waals surface area contributed by atoms with Gasteiger partial charge in [0.15, 0.2) is 44.1 Å². The van der Waals surface area contributed by atoms with Gasteiger partial charge in [0.25, 0.3) is 23.8 Å². The van der Waals surface area contributed by atoms with Crippen LogP contribution in [0.15, 0.2) is 425 Å². The molecule has 15 aromatic carbocycles. The topological polar surface area (TPSA) is 153 Å². The van der Waals surface area contributed by atoms with Crippen LogP contribution in [0.4, 0.5) is 0 Å². The summed E-state index contributed by atoms with van der Waals surface area (Å²) in [7, 11) is 0. The third-order valence-electron chi connectivity index (χ3n) is 25.8. The second-order valence-corrected chi connectivity index (χ2v) is 34.0. The first-order valence-electron chi connectivity index (χ1n) is 45.5. The first-order valence-corrected chi connectivity index (χ1v) is 45.5. The van der Waals surface area contributed by atoms with Crippen molar-refractivity contribution in [2.24, 2.45) is 0 Å². The van der Waals surface area contributed by atoms with Crippen molar-refractivity contribution in [2.45, 2.75) is 53.4 Å². The monoisotopic (exact) mass is 1770 g/mol. The summed E-state index contributed by atoms with van der Waals surface area (Å²) in [6, 6.07) is 141. The number of nitriles is 1. The number of imidazole rings is 5. The van der Waals surface area contributed by atoms with Crippen molar-refractivity contribution in [3.63, 3.8) is 0 Å². The van der Waals surface area contributed by atoms with Gasteiger partial charge in [-0.3, -0.25) is 4.98 Å². The molecule has 650 valence electrons. The molecule has 2 atom stereocenters. The van der Waals surface area contributed by atoms with E-state index in [0.29, 0.717) is 25.8 Å². The summed E-state index contributed by atoms with van der Waals surface area (Å²) in [4.78, 5) is 13.8. The number of aromatic nitrogens is 13. The Bertz CT molecular complexity index is 8450. The molecule has 8 aromatic heterocycles. The number of aryl methyl sites for hydroxylation is 3. The maximum absolute atomic E-state index is 9.21. The van der Waals surface area contributed by atoms with Crippen molar-refractivity contribution in [2.75, 3.05) is 0 Å². The zero-order valence-corrected chi connectivity index (χ0v) is 74.5. The number of rotatable bonds is 7. The third kappa shape index (κ3) is 14.0. The van der Waals surface area contributed by atoms with E-state index in [-0.39, 0.29) is 12.5 Å². The number of fused-ring (bicyclic) bond motifs is 26. The lowest BCUT2D eigenvalue weighted by atomic mass is 9.97. The van der Waals surface area contributed by atoms with Crippen LogP contribution in [0.1, 0.15) is 45.8 Å². The lowest BCUT2D eigenvalue weighted by Crippen LogP contribution is -2.48. The Balaban J connectivity index is 0.0000000935. The SMILES string of the molecule is Cc1cc(C)c(C2Oc3ccccc3-c3n(-c4ccccc4)c4ccccc4[n+]32)c(C)c1.N#Cc1ccc(C2Oc3ccccc3-c3n(-c4ccccc4)c4ccccc4[n+]32)cc1.c1ccc(-n2c3[n+](c4ccccc42)COc2ccccc2-3)cc1.c1ccc(-n2c3[n+](c4cccnc42)COc2ccccc2-3)cc1.c1ccc2c(c1)OC[n+]1c-2n(-c2ccc3cccnc3c2)c2ncccc21. The van der Waals surface area contributed by atoms with Crippen LogP contribution in [0.5, 0.6) is 28.7 Å². The number of pyridine rings is 3. The van der Waals surface area contributed by atoms with Gasteiger partial charge in [-0.2, -0.15) is 50.9 Å². The third-order valence-corrected chi connectivity index (χ3v) is 25.8. The van der Waals surface area contributed by atoms with Crippen LogP contribution in [0, 0.1) is 32.1 Å². The average Bonchev–Trinajstić information content (AvgIpc) is 1.57. The molecule has 19 heteroatoms. The summed E-state index contributed by atoms with van der Waals surface area (Å²) in [5.41, 5.74) is 29.4. The molecule has 2 unspecified atom stereocenters. The number of nitrogens with zero attached hydrogens (tertiary/aromatic N) is 14. The van der Waals surface area contributed by atoms with Crippen LogP contribution >= 0.6 is 0 Å². The number of ether oxygens (including phenoxy) is 5. The van der Waals surface area contributed by atoms with Gasteiger partial charge >= 0.3 is 29.1 Å². The maximum Gasteiger partial charge on any atom is 0.303 e. The first-order chi connectivity index (χ1) is 67.2. The Morgan fingerprint density at radius 2 is 0.640 bits per heavy atom. The quantitative estimate of drug-likeness (QED) is 0.142. The molecule has 0 radical (unpaired) electrons. The Hall–Kier alpha value is -18.2. The van der Waals surface area contributed by atoms with Crippen LogP contribution in [0.25, 0.3) is 152 Å². The molecule has 28 rings (SSSR count). The van der Waals surface area contributed by atoms with Gasteiger partial charge in [0.1, 0.15) is 85.0 Å². The van der Waals surface area contributed by atoms with Gasteiger partial charge in [-0.1, -0.05) is 194 Å². The zero-order valence-electron chi connectivity index (χ0n) is 74.5. The van der Waals surface area contributed by atoms with Crippen LogP contribution in [0.3, 0.4) is 0 Å². The fraction of sp³-hybridized carbons (Fsp3) is 0.0684. The summed E-state index contributed by atoms with van der Waals surface area (Å²) in [6.07, 6.45) is 4.91. The standard InChI is InChI=1S/C29H25N2O.C27H18N3O.C22H15N4O.C20H15N2O.C19H14N3O/c1-19-17-20(2)27(21(3)18-19)29-31-25-15-9-8-14-24(25)30(22-11-5-4-6-12-22)28(31)23-13-7-10-16-26(23)32-29;28-18-19-14-16-20(17-15-19)27-30-24-12-6-5-11-23(24)29(21-8-2-1-3-9-21)26(30)22-10-4-7-13-25(22)31-27;1-2-8-20-17(6-1)22-25(14-27-20)19-7-4-12-24-21(19)26(22)16-10-9-15-5-3-11-23-18(15)13-16;1-2-8-15(9-3-1)22-18-12-6-5-11-17(18)21-14-23-19-13-7-4-10-16(19)20(21)22;1-2-7-14(8-3-1)22-18-16(10-6-12-20-18)21-13-23-17-11-5-4-9-15(17)19(21)22/h4-18,29H,1-3H3;1-17,27H;1-13H,14H2;1-13H,14H2;1-12H,13H2/q5*+1. The Labute approximate surface area is 783 Å². The number of para-hydroxylation sites is 15. The molecule has 5 aliphatic rings. The van der Waals surface area contributed by atoms with Crippen LogP contribution in [-0.4, -0.2) is 37.8 Å².